The van der Waals surface area contributed by atoms with Crippen LogP contribution in [0.5, 0.6) is 11.5 Å². The molecule has 0 fully saturated rings. The van der Waals surface area contributed by atoms with Crippen molar-refractivity contribution in [3.63, 3.8) is 0 Å². The molecule has 0 heterocycles. The van der Waals surface area contributed by atoms with E-state index in [2.05, 4.69) is 19.0 Å². The van der Waals surface area contributed by atoms with Gasteiger partial charge in [-0.05, 0) is 45.5 Å². The van der Waals surface area contributed by atoms with Gasteiger partial charge in [0, 0.05) is 17.2 Å². The summed E-state index contributed by atoms with van der Waals surface area (Å²) < 4.78 is 10.9. The van der Waals surface area contributed by atoms with E-state index in [1.807, 2.05) is 12.1 Å². The molecule has 3 heteroatoms. The summed E-state index contributed by atoms with van der Waals surface area (Å²) in [5.41, 5.74) is 2.64. The molecule has 0 N–H and O–H groups in total. The second-order valence-corrected chi connectivity index (χ2v) is 4.79. The van der Waals surface area contributed by atoms with Crippen LogP contribution in [0, 0.1) is 0 Å². The maximum atomic E-state index is 5.47. The number of ether oxygens (including phenoxy) is 2. The van der Waals surface area contributed by atoms with Crippen LogP contribution in [0.1, 0.15) is 17.5 Å². The Labute approximate surface area is 103 Å². The Morgan fingerprint density at radius 3 is 2.18 bits per heavy atom. The number of likely N-dealkylation sites (N-methyl/N-ethyl adjacent to an activating group) is 1. The zero-order valence-electron chi connectivity index (χ0n) is 11.1. The van der Waals surface area contributed by atoms with E-state index in [-0.39, 0.29) is 0 Å². The molecule has 17 heavy (non-hydrogen) atoms. The Morgan fingerprint density at radius 2 is 1.65 bits per heavy atom. The van der Waals surface area contributed by atoms with E-state index in [0.717, 1.165) is 24.3 Å². The third kappa shape index (κ3) is 2.25. The minimum absolute atomic E-state index is 0.600. The van der Waals surface area contributed by atoms with E-state index in [9.17, 15) is 0 Å². The number of hydrogen-bond acceptors (Lipinski definition) is 3. The molecule has 3 nitrogen and oxygen atoms in total. The van der Waals surface area contributed by atoms with Gasteiger partial charge >= 0.3 is 0 Å². The van der Waals surface area contributed by atoms with E-state index < -0.39 is 0 Å². The first-order valence-electron chi connectivity index (χ1n) is 6.06. The smallest absolute Gasteiger partial charge is 0.122 e. The molecule has 1 aromatic carbocycles. The molecule has 0 bridgehead atoms. The summed E-state index contributed by atoms with van der Waals surface area (Å²) >= 11 is 0. The quantitative estimate of drug-likeness (QED) is 0.801. The summed E-state index contributed by atoms with van der Waals surface area (Å²) in [5, 5.41) is 0. The Kier molecular flexibility index (Phi) is 3.57. The molecule has 0 aliphatic heterocycles. The first-order chi connectivity index (χ1) is 8.17. The Balaban J connectivity index is 2.40. The minimum atomic E-state index is 0.600. The molecule has 0 radical (unpaired) electrons. The molecule has 0 aromatic heterocycles. The maximum absolute atomic E-state index is 5.47. The summed E-state index contributed by atoms with van der Waals surface area (Å²) in [7, 11) is 7.76. The number of methoxy groups -OCH3 is 2. The van der Waals surface area contributed by atoms with Gasteiger partial charge in [-0.1, -0.05) is 0 Å². The van der Waals surface area contributed by atoms with Gasteiger partial charge in [-0.15, -0.1) is 0 Å². The van der Waals surface area contributed by atoms with E-state index in [0.29, 0.717) is 6.04 Å². The van der Waals surface area contributed by atoms with Crippen molar-refractivity contribution >= 4 is 0 Å². The van der Waals surface area contributed by atoms with Crippen molar-refractivity contribution in [2.24, 2.45) is 0 Å². The van der Waals surface area contributed by atoms with Crippen LogP contribution < -0.4 is 9.47 Å². The van der Waals surface area contributed by atoms with Gasteiger partial charge in [0.25, 0.3) is 0 Å². The number of rotatable bonds is 3. The van der Waals surface area contributed by atoms with Crippen molar-refractivity contribution < 1.29 is 9.47 Å². The molecule has 1 aromatic rings. The molecule has 0 amide bonds. The van der Waals surface area contributed by atoms with Crippen LogP contribution in [0.3, 0.4) is 0 Å². The molecule has 0 spiro atoms. The zero-order valence-corrected chi connectivity index (χ0v) is 11.1. The lowest BCUT2D eigenvalue weighted by atomic mass is 9.86. The highest BCUT2D eigenvalue weighted by molar-refractivity contribution is 5.50. The van der Waals surface area contributed by atoms with Gasteiger partial charge in [-0.3, -0.25) is 0 Å². The van der Waals surface area contributed by atoms with Gasteiger partial charge in [0.15, 0.2) is 0 Å². The van der Waals surface area contributed by atoms with E-state index in [1.54, 1.807) is 14.2 Å². The first kappa shape index (κ1) is 12.2. The number of hydrogen-bond donors (Lipinski definition) is 0. The highest BCUT2D eigenvalue weighted by Gasteiger charge is 2.25. The molecule has 1 aliphatic carbocycles. The molecular weight excluding hydrogens is 214 g/mol. The zero-order chi connectivity index (χ0) is 12.4. The molecule has 1 aliphatic rings. The minimum Gasteiger partial charge on any atom is -0.496 e. The van der Waals surface area contributed by atoms with Crippen molar-refractivity contribution in [2.75, 3.05) is 28.3 Å². The van der Waals surface area contributed by atoms with Gasteiger partial charge in [0.05, 0.1) is 14.2 Å². The van der Waals surface area contributed by atoms with Crippen molar-refractivity contribution in [1.82, 2.24) is 4.90 Å². The van der Waals surface area contributed by atoms with Gasteiger partial charge in [-0.2, -0.15) is 0 Å². The third-order valence-corrected chi connectivity index (χ3v) is 3.68. The fraction of sp³-hybridized carbons (Fsp3) is 0.571. The number of benzene rings is 1. The highest BCUT2D eigenvalue weighted by Crippen LogP contribution is 2.36. The largest absolute Gasteiger partial charge is 0.496 e. The standard InChI is InChI=1S/C14H21NO2/c1-15(2)10-5-6-11-12(9-10)14(17-4)8-7-13(11)16-3/h7-8,10H,5-6,9H2,1-4H3. The van der Waals surface area contributed by atoms with E-state index in [1.165, 1.54) is 17.5 Å². The normalized spacial score (nSPS) is 19.0. The molecule has 2 rings (SSSR count). The van der Waals surface area contributed by atoms with Crippen LogP contribution in [-0.2, 0) is 12.8 Å². The molecule has 1 unspecified atom stereocenters. The highest BCUT2D eigenvalue weighted by atomic mass is 16.5. The lowest BCUT2D eigenvalue weighted by molar-refractivity contribution is 0.262. The first-order valence-corrected chi connectivity index (χ1v) is 6.06. The van der Waals surface area contributed by atoms with Crippen LogP contribution in [0.4, 0.5) is 0 Å². The lowest BCUT2D eigenvalue weighted by Crippen LogP contribution is -2.33. The van der Waals surface area contributed by atoms with Crippen LogP contribution in [-0.4, -0.2) is 39.3 Å². The SMILES string of the molecule is COc1ccc(OC)c2c1CCC(N(C)C)C2. The van der Waals surface area contributed by atoms with Crippen molar-refractivity contribution in [3.8, 4) is 11.5 Å². The van der Waals surface area contributed by atoms with Gasteiger partial charge < -0.3 is 14.4 Å². The molecular formula is C14H21NO2. The van der Waals surface area contributed by atoms with E-state index >= 15 is 0 Å². The summed E-state index contributed by atoms with van der Waals surface area (Å²) in [6.45, 7) is 0. The lowest BCUT2D eigenvalue weighted by Gasteiger charge is -2.31. The summed E-state index contributed by atoms with van der Waals surface area (Å²) in [6.07, 6.45) is 3.30. The monoisotopic (exact) mass is 235 g/mol. The average molecular weight is 235 g/mol. The summed E-state index contributed by atoms with van der Waals surface area (Å²) in [5.74, 6) is 1.99. The fourth-order valence-corrected chi connectivity index (χ4v) is 2.62. The molecule has 1 atom stereocenters. The van der Waals surface area contributed by atoms with Crippen LogP contribution >= 0.6 is 0 Å². The van der Waals surface area contributed by atoms with Gasteiger partial charge in [-0.25, -0.2) is 0 Å². The van der Waals surface area contributed by atoms with Crippen LogP contribution in [0.15, 0.2) is 12.1 Å². The maximum Gasteiger partial charge on any atom is 0.122 e. The van der Waals surface area contributed by atoms with E-state index in [4.69, 9.17) is 9.47 Å². The second kappa shape index (κ2) is 4.96. The molecule has 0 saturated heterocycles. The predicted molar refractivity (Wildman–Crippen MR) is 69.0 cm³/mol. The summed E-state index contributed by atoms with van der Waals surface area (Å²) in [4.78, 5) is 2.29. The Bertz CT molecular complexity index is 401. The van der Waals surface area contributed by atoms with Crippen molar-refractivity contribution in [1.29, 1.82) is 0 Å². The predicted octanol–water partition coefficient (Wildman–Crippen LogP) is 2.12. The Morgan fingerprint density at radius 1 is 1.06 bits per heavy atom. The average Bonchev–Trinajstić information content (AvgIpc) is 2.36. The second-order valence-electron chi connectivity index (χ2n) is 4.79. The number of fused-ring (bicyclic) bond motifs is 1. The summed E-state index contributed by atoms with van der Waals surface area (Å²) in [6, 6.07) is 4.62. The number of nitrogens with zero attached hydrogens (tertiary/aromatic N) is 1. The molecule has 94 valence electrons. The van der Waals surface area contributed by atoms with Crippen molar-refractivity contribution in [3.05, 3.63) is 23.3 Å². The van der Waals surface area contributed by atoms with Crippen molar-refractivity contribution in [2.45, 2.75) is 25.3 Å². The van der Waals surface area contributed by atoms with Gasteiger partial charge in [0.1, 0.15) is 11.5 Å². The molecule has 0 saturated carbocycles. The fourth-order valence-electron chi connectivity index (χ4n) is 2.62. The Hall–Kier alpha value is -1.22. The third-order valence-electron chi connectivity index (χ3n) is 3.68. The van der Waals surface area contributed by atoms with Gasteiger partial charge in [0.2, 0.25) is 0 Å². The topological polar surface area (TPSA) is 21.7 Å². The van der Waals surface area contributed by atoms with Crippen LogP contribution in [0.2, 0.25) is 0 Å². The van der Waals surface area contributed by atoms with Crippen LogP contribution in [0.25, 0.3) is 0 Å².